The Kier molecular flexibility index (Phi) is 4.18. The molecular formula is C18H12FN3O3S. The van der Waals surface area contributed by atoms with E-state index in [0.717, 1.165) is 4.88 Å². The van der Waals surface area contributed by atoms with Crippen LogP contribution in [0.3, 0.4) is 0 Å². The maximum Gasteiger partial charge on any atom is 0.340 e. The van der Waals surface area contributed by atoms with Crippen molar-refractivity contribution in [2.45, 2.75) is 13.5 Å². The van der Waals surface area contributed by atoms with Crippen molar-refractivity contribution in [3.8, 4) is 10.7 Å². The molecule has 0 aliphatic heterocycles. The standard InChI is InChI=1S/C18H12FN3O3S/c1-10-13(7-11-4-5-12(19)8-14(11)20-10)18(23)24-9-16-21-17(22-25-16)15-3-2-6-26-15/h2-8H,9H2,1H3. The largest absolute Gasteiger partial charge is 0.452 e. The molecule has 0 bridgehead atoms. The first-order chi connectivity index (χ1) is 12.6. The summed E-state index contributed by atoms with van der Waals surface area (Å²) in [6.07, 6.45) is 0. The molecule has 4 rings (SSSR count). The highest BCUT2D eigenvalue weighted by molar-refractivity contribution is 7.13. The number of aryl methyl sites for hydroxylation is 1. The Hall–Kier alpha value is -3.13. The molecule has 8 heteroatoms. The van der Waals surface area contributed by atoms with Crippen molar-refractivity contribution in [3.05, 3.63) is 64.7 Å². The van der Waals surface area contributed by atoms with Crippen molar-refractivity contribution in [2.24, 2.45) is 0 Å². The Morgan fingerprint density at radius 3 is 2.96 bits per heavy atom. The number of benzene rings is 1. The normalized spacial score (nSPS) is 11.0. The van der Waals surface area contributed by atoms with Crippen LogP contribution in [0.5, 0.6) is 0 Å². The summed E-state index contributed by atoms with van der Waals surface area (Å²) in [6, 6.07) is 9.60. The van der Waals surface area contributed by atoms with E-state index in [2.05, 4.69) is 15.1 Å². The van der Waals surface area contributed by atoms with Gasteiger partial charge in [0, 0.05) is 11.5 Å². The van der Waals surface area contributed by atoms with Gasteiger partial charge in [-0.25, -0.2) is 9.18 Å². The predicted molar refractivity (Wildman–Crippen MR) is 93.2 cm³/mol. The molecule has 0 N–H and O–H groups in total. The van der Waals surface area contributed by atoms with E-state index in [1.165, 1.54) is 23.5 Å². The summed E-state index contributed by atoms with van der Waals surface area (Å²) < 4.78 is 23.6. The molecule has 1 aromatic carbocycles. The average molecular weight is 369 g/mol. The van der Waals surface area contributed by atoms with E-state index in [-0.39, 0.29) is 18.3 Å². The molecule has 26 heavy (non-hydrogen) atoms. The number of hydrogen-bond donors (Lipinski definition) is 0. The first-order valence-electron chi connectivity index (χ1n) is 7.70. The predicted octanol–water partition coefficient (Wildman–Crippen LogP) is 4.15. The Balaban J connectivity index is 1.51. The zero-order valence-electron chi connectivity index (χ0n) is 13.6. The van der Waals surface area contributed by atoms with Crippen LogP contribution in [0, 0.1) is 12.7 Å². The maximum absolute atomic E-state index is 13.3. The van der Waals surface area contributed by atoms with E-state index >= 15 is 0 Å². The fraction of sp³-hybridized carbons (Fsp3) is 0.111. The quantitative estimate of drug-likeness (QED) is 0.503. The van der Waals surface area contributed by atoms with Gasteiger partial charge in [-0.2, -0.15) is 4.98 Å². The molecule has 6 nitrogen and oxygen atoms in total. The van der Waals surface area contributed by atoms with Gasteiger partial charge in [-0.15, -0.1) is 11.3 Å². The number of thiophene rings is 1. The molecule has 0 saturated heterocycles. The summed E-state index contributed by atoms with van der Waals surface area (Å²) in [5.74, 6) is -0.276. The van der Waals surface area contributed by atoms with Crippen LogP contribution in [0.1, 0.15) is 21.9 Å². The minimum absolute atomic E-state index is 0.141. The number of aromatic nitrogens is 3. The van der Waals surface area contributed by atoms with E-state index in [0.29, 0.717) is 28.0 Å². The lowest BCUT2D eigenvalue weighted by molar-refractivity contribution is 0.0428. The van der Waals surface area contributed by atoms with Crippen LogP contribution in [-0.4, -0.2) is 21.1 Å². The average Bonchev–Trinajstić information content (AvgIpc) is 3.30. The van der Waals surface area contributed by atoms with Crippen molar-refractivity contribution >= 4 is 28.2 Å². The third-order valence-corrected chi connectivity index (χ3v) is 4.59. The van der Waals surface area contributed by atoms with Gasteiger partial charge >= 0.3 is 5.97 Å². The van der Waals surface area contributed by atoms with Crippen LogP contribution in [0.25, 0.3) is 21.6 Å². The minimum Gasteiger partial charge on any atom is -0.452 e. The molecule has 0 saturated carbocycles. The van der Waals surface area contributed by atoms with E-state index < -0.39 is 5.97 Å². The lowest BCUT2D eigenvalue weighted by Gasteiger charge is -2.07. The smallest absolute Gasteiger partial charge is 0.340 e. The van der Waals surface area contributed by atoms with Crippen molar-refractivity contribution in [3.63, 3.8) is 0 Å². The highest BCUT2D eigenvalue weighted by Crippen LogP contribution is 2.22. The highest BCUT2D eigenvalue weighted by atomic mass is 32.1. The second kappa shape index (κ2) is 6.64. The number of ether oxygens (including phenoxy) is 1. The van der Waals surface area contributed by atoms with Gasteiger partial charge in [0.1, 0.15) is 5.82 Å². The molecule has 0 atom stereocenters. The molecule has 3 heterocycles. The van der Waals surface area contributed by atoms with Crippen LogP contribution in [0.2, 0.25) is 0 Å². The monoisotopic (exact) mass is 369 g/mol. The minimum atomic E-state index is -0.558. The molecule has 0 radical (unpaired) electrons. The number of esters is 1. The summed E-state index contributed by atoms with van der Waals surface area (Å²) in [5.41, 5.74) is 1.25. The number of carbonyl (C=O) groups excluding carboxylic acids is 1. The van der Waals surface area contributed by atoms with Gasteiger partial charge in [0.25, 0.3) is 5.89 Å². The molecule has 3 aromatic heterocycles. The molecular weight excluding hydrogens is 357 g/mol. The molecule has 4 aromatic rings. The summed E-state index contributed by atoms with van der Waals surface area (Å²) in [5, 5.41) is 6.43. The van der Waals surface area contributed by atoms with E-state index in [1.807, 2.05) is 17.5 Å². The number of pyridine rings is 1. The molecule has 0 fully saturated rings. The molecule has 0 aliphatic rings. The number of nitrogens with zero attached hydrogens (tertiary/aromatic N) is 3. The first-order valence-corrected chi connectivity index (χ1v) is 8.58. The van der Waals surface area contributed by atoms with Gasteiger partial charge in [-0.05, 0) is 36.6 Å². The zero-order chi connectivity index (χ0) is 18.1. The Morgan fingerprint density at radius 2 is 2.15 bits per heavy atom. The number of carbonyl (C=O) groups is 1. The van der Waals surface area contributed by atoms with Gasteiger partial charge in [0.2, 0.25) is 5.82 Å². The third kappa shape index (κ3) is 3.18. The van der Waals surface area contributed by atoms with Crippen molar-refractivity contribution in [1.82, 2.24) is 15.1 Å². The van der Waals surface area contributed by atoms with Gasteiger partial charge in [-0.3, -0.25) is 4.98 Å². The molecule has 0 aliphatic carbocycles. The Morgan fingerprint density at radius 1 is 1.27 bits per heavy atom. The fourth-order valence-electron chi connectivity index (χ4n) is 2.47. The molecule has 0 amide bonds. The topological polar surface area (TPSA) is 78.1 Å². The summed E-state index contributed by atoms with van der Waals surface area (Å²) in [7, 11) is 0. The number of fused-ring (bicyclic) bond motifs is 1. The van der Waals surface area contributed by atoms with E-state index in [4.69, 9.17) is 9.26 Å². The van der Waals surface area contributed by atoms with Crippen LogP contribution < -0.4 is 0 Å². The molecule has 0 spiro atoms. The molecule has 0 unspecified atom stereocenters. The van der Waals surface area contributed by atoms with Gasteiger partial charge in [-0.1, -0.05) is 11.2 Å². The first kappa shape index (κ1) is 16.3. The zero-order valence-corrected chi connectivity index (χ0v) is 14.4. The van der Waals surface area contributed by atoms with Crippen molar-refractivity contribution < 1.29 is 18.4 Å². The summed E-state index contributed by atoms with van der Waals surface area (Å²) in [6.45, 7) is 1.53. The van der Waals surface area contributed by atoms with E-state index in [9.17, 15) is 9.18 Å². The van der Waals surface area contributed by atoms with Gasteiger partial charge < -0.3 is 9.26 Å². The highest BCUT2D eigenvalue weighted by Gasteiger charge is 2.16. The lowest BCUT2D eigenvalue weighted by Crippen LogP contribution is -2.08. The number of rotatable bonds is 4. The summed E-state index contributed by atoms with van der Waals surface area (Å²) in [4.78, 5) is 21.7. The van der Waals surface area contributed by atoms with Crippen LogP contribution in [0.15, 0.2) is 46.3 Å². The fourth-order valence-corrected chi connectivity index (χ4v) is 3.12. The van der Waals surface area contributed by atoms with Gasteiger partial charge in [0.15, 0.2) is 6.61 Å². The van der Waals surface area contributed by atoms with Crippen LogP contribution in [-0.2, 0) is 11.3 Å². The SMILES string of the molecule is Cc1nc2cc(F)ccc2cc1C(=O)OCc1nc(-c2cccs2)no1. The van der Waals surface area contributed by atoms with Crippen LogP contribution in [0.4, 0.5) is 4.39 Å². The van der Waals surface area contributed by atoms with Crippen molar-refractivity contribution in [2.75, 3.05) is 0 Å². The van der Waals surface area contributed by atoms with Crippen LogP contribution >= 0.6 is 11.3 Å². The number of hydrogen-bond acceptors (Lipinski definition) is 7. The maximum atomic E-state index is 13.3. The second-order valence-corrected chi connectivity index (χ2v) is 6.47. The Bertz CT molecular complexity index is 1090. The molecule has 130 valence electrons. The second-order valence-electron chi connectivity index (χ2n) is 5.52. The van der Waals surface area contributed by atoms with Crippen molar-refractivity contribution in [1.29, 1.82) is 0 Å². The Labute approximate surface area is 151 Å². The number of halogens is 1. The van der Waals surface area contributed by atoms with E-state index in [1.54, 1.807) is 19.1 Å². The summed E-state index contributed by atoms with van der Waals surface area (Å²) >= 11 is 1.49. The van der Waals surface area contributed by atoms with Gasteiger partial charge in [0.05, 0.1) is 21.7 Å². The lowest BCUT2D eigenvalue weighted by atomic mass is 10.1. The third-order valence-electron chi connectivity index (χ3n) is 3.73.